The highest BCUT2D eigenvalue weighted by molar-refractivity contribution is 5.87. The summed E-state index contributed by atoms with van der Waals surface area (Å²) in [5, 5.41) is 0. The quantitative estimate of drug-likeness (QED) is 0.321. The molecule has 1 heterocycles. The van der Waals surface area contributed by atoms with Crippen LogP contribution in [-0.2, 0) is 14.9 Å². The summed E-state index contributed by atoms with van der Waals surface area (Å²) in [5.41, 5.74) is 0.787. The van der Waals surface area contributed by atoms with Crippen LogP contribution in [0.4, 0.5) is 0 Å². The highest BCUT2D eigenvalue weighted by Crippen LogP contribution is 2.42. The van der Waals surface area contributed by atoms with Crippen molar-refractivity contribution in [3.05, 3.63) is 41.5 Å². The van der Waals surface area contributed by atoms with Gasteiger partial charge in [-0.2, -0.15) is 0 Å². The predicted molar refractivity (Wildman–Crippen MR) is 132 cm³/mol. The van der Waals surface area contributed by atoms with Gasteiger partial charge in [0, 0.05) is 12.8 Å². The number of aromatic nitrogens is 2. The topological polar surface area (TPSA) is 90.5 Å². The van der Waals surface area contributed by atoms with Crippen molar-refractivity contribution in [3.63, 3.8) is 0 Å². The van der Waals surface area contributed by atoms with E-state index >= 15 is 0 Å². The first-order chi connectivity index (χ1) is 17.0. The number of ketones is 1. The minimum atomic E-state index is -0.511. The lowest BCUT2D eigenvalue weighted by atomic mass is 9.69. The van der Waals surface area contributed by atoms with E-state index in [1.807, 2.05) is 25.1 Å². The van der Waals surface area contributed by atoms with E-state index in [1.54, 1.807) is 7.11 Å². The van der Waals surface area contributed by atoms with Crippen LogP contribution in [0.25, 0.3) is 0 Å². The van der Waals surface area contributed by atoms with Gasteiger partial charge in [-0.15, -0.1) is 0 Å². The van der Waals surface area contributed by atoms with Crippen molar-refractivity contribution in [1.29, 1.82) is 0 Å². The number of Topliss-reactive ketones (excluding diaryl/α,β-unsaturated/α-hetero) is 1. The number of benzene rings is 1. The summed E-state index contributed by atoms with van der Waals surface area (Å²) in [6.45, 7) is 2.42. The summed E-state index contributed by atoms with van der Waals surface area (Å²) in [5.74, 6) is 8.19. The summed E-state index contributed by atoms with van der Waals surface area (Å²) in [4.78, 5) is 31.5. The van der Waals surface area contributed by atoms with Crippen molar-refractivity contribution < 1.29 is 23.8 Å². The Morgan fingerprint density at radius 2 is 1.97 bits per heavy atom. The molecule has 0 bridgehead atoms. The number of rotatable bonds is 8. The Balaban J connectivity index is 1.60. The van der Waals surface area contributed by atoms with E-state index in [4.69, 9.17) is 14.2 Å². The van der Waals surface area contributed by atoms with E-state index in [9.17, 15) is 9.59 Å². The van der Waals surface area contributed by atoms with Gasteiger partial charge in [0.25, 0.3) is 0 Å². The maximum Gasteiger partial charge on any atom is 0.356 e. The Kier molecular flexibility index (Phi) is 8.12. The largest absolute Gasteiger partial charge is 0.493 e. The Bertz CT molecular complexity index is 1090. The molecule has 0 amide bonds. The number of carbonyl (C=O) groups is 2. The van der Waals surface area contributed by atoms with Crippen LogP contribution in [0.3, 0.4) is 0 Å². The molecule has 2 fully saturated rings. The number of methoxy groups -OCH3 is 1. The monoisotopic (exact) mass is 478 g/mol. The first kappa shape index (κ1) is 24.8. The van der Waals surface area contributed by atoms with Crippen LogP contribution in [0.2, 0.25) is 0 Å². The van der Waals surface area contributed by atoms with E-state index in [-0.39, 0.29) is 17.6 Å². The molecule has 0 aliphatic heterocycles. The van der Waals surface area contributed by atoms with Gasteiger partial charge in [-0.3, -0.25) is 4.79 Å². The molecule has 186 valence electrons. The molecular formula is C28H34N2O5. The molecule has 1 aromatic heterocycles. The Labute approximate surface area is 207 Å². The Morgan fingerprint density at radius 3 is 2.69 bits per heavy atom. The first-order valence-electron chi connectivity index (χ1n) is 12.6. The highest BCUT2D eigenvalue weighted by atomic mass is 16.5. The zero-order chi connectivity index (χ0) is 24.7. The van der Waals surface area contributed by atoms with Gasteiger partial charge < -0.3 is 19.2 Å². The molecular weight excluding hydrogens is 444 g/mol. The summed E-state index contributed by atoms with van der Waals surface area (Å²) in [7, 11) is 1.65. The number of imidazole rings is 1. The molecule has 2 aliphatic rings. The standard InChI is InChI=1S/C28H34N2O5/c1-3-4-17-34-27(32)23-19-29-26(30-23)13-16-28(14-11-21(31)12-15-28)20-9-10-24(33-2)25(18-20)35-22-7-5-6-8-22/h9-10,18-19,22H,3-8,11-12,14-15,17H2,1-2H3,(H,29,30). The number of H-pyrrole nitrogens is 1. The molecule has 7 nitrogen and oxygen atoms in total. The van der Waals surface area contributed by atoms with Gasteiger partial charge in [0.05, 0.1) is 31.4 Å². The minimum Gasteiger partial charge on any atom is -0.493 e. The number of esters is 1. The van der Waals surface area contributed by atoms with Crippen LogP contribution in [0.5, 0.6) is 11.5 Å². The van der Waals surface area contributed by atoms with Gasteiger partial charge in [-0.05, 0) is 68.6 Å². The number of aromatic amines is 1. The van der Waals surface area contributed by atoms with Crippen molar-refractivity contribution in [2.45, 2.75) is 82.7 Å². The molecule has 0 unspecified atom stereocenters. The summed E-state index contributed by atoms with van der Waals surface area (Å²) < 4.78 is 17.1. The molecule has 2 aromatic rings. The first-order valence-corrected chi connectivity index (χ1v) is 12.6. The minimum absolute atomic E-state index is 0.202. The van der Waals surface area contributed by atoms with Gasteiger partial charge in [-0.25, -0.2) is 9.78 Å². The lowest BCUT2D eigenvalue weighted by molar-refractivity contribution is -0.120. The molecule has 4 rings (SSSR count). The number of unbranched alkanes of at least 4 members (excludes halogenated alkanes) is 1. The van der Waals surface area contributed by atoms with Gasteiger partial charge >= 0.3 is 5.97 Å². The molecule has 1 N–H and O–H groups in total. The second kappa shape index (κ2) is 11.4. The Morgan fingerprint density at radius 1 is 1.20 bits per heavy atom. The number of ether oxygens (including phenoxy) is 3. The zero-order valence-electron chi connectivity index (χ0n) is 20.7. The molecule has 2 saturated carbocycles. The molecule has 1 aromatic carbocycles. The van der Waals surface area contributed by atoms with Crippen molar-refractivity contribution in [2.24, 2.45) is 0 Å². The fourth-order valence-electron chi connectivity index (χ4n) is 4.75. The SMILES string of the molecule is CCCCOC(=O)c1cnc(C#CC2(c3ccc(OC)c(OC4CCCC4)c3)CCC(=O)CC2)[nH]1. The third kappa shape index (κ3) is 6.05. The second-order valence-electron chi connectivity index (χ2n) is 9.40. The van der Waals surface area contributed by atoms with Crippen LogP contribution >= 0.6 is 0 Å². The third-order valence-corrected chi connectivity index (χ3v) is 6.92. The fourth-order valence-corrected chi connectivity index (χ4v) is 4.75. The van der Waals surface area contributed by atoms with Gasteiger partial charge in [0.2, 0.25) is 0 Å². The summed E-state index contributed by atoms with van der Waals surface area (Å²) in [6, 6.07) is 5.97. The van der Waals surface area contributed by atoms with Crippen LogP contribution in [0.1, 0.15) is 93.0 Å². The molecule has 7 heteroatoms. The smallest absolute Gasteiger partial charge is 0.356 e. The molecule has 0 saturated heterocycles. The lowest BCUT2D eigenvalue weighted by Crippen LogP contribution is -2.30. The number of carbonyl (C=O) groups excluding carboxylic acids is 2. The zero-order valence-corrected chi connectivity index (χ0v) is 20.7. The molecule has 0 spiro atoms. The van der Waals surface area contributed by atoms with E-state index < -0.39 is 11.4 Å². The van der Waals surface area contributed by atoms with Crippen LogP contribution in [0.15, 0.2) is 24.4 Å². The highest BCUT2D eigenvalue weighted by Gasteiger charge is 2.36. The maximum absolute atomic E-state index is 12.2. The normalized spacial score (nSPS) is 17.5. The third-order valence-electron chi connectivity index (χ3n) is 6.92. The van der Waals surface area contributed by atoms with Gasteiger partial charge in [0.15, 0.2) is 17.3 Å². The van der Waals surface area contributed by atoms with Crippen molar-refractivity contribution in [2.75, 3.05) is 13.7 Å². The summed E-state index contributed by atoms with van der Waals surface area (Å²) >= 11 is 0. The van der Waals surface area contributed by atoms with Gasteiger partial charge in [0.1, 0.15) is 11.5 Å². The number of nitrogens with zero attached hydrogens (tertiary/aromatic N) is 1. The number of hydrogen-bond acceptors (Lipinski definition) is 6. The van der Waals surface area contributed by atoms with E-state index in [0.29, 0.717) is 43.9 Å². The Hall–Kier alpha value is -3.27. The molecule has 0 radical (unpaired) electrons. The van der Waals surface area contributed by atoms with E-state index in [0.717, 1.165) is 37.0 Å². The molecule has 0 atom stereocenters. The van der Waals surface area contributed by atoms with Crippen molar-refractivity contribution in [1.82, 2.24) is 9.97 Å². The van der Waals surface area contributed by atoms with Crippen molar-refractivity contribution in [3.8, 4) is 23.3 Å². The van der Waals surface area contributed by atoms with E-state index in [2.05, 4.69) is 21.8 Å². The van der Waals surface area contributed by atoms with E-state index in [1.165, 1.54) is 19.0 Å². The molecule has 35 heavy (non-hydrogen) atoms. The van der Waals surface area contributed by atoms with Crippen LogP contribution in [0, 0.1) is 11.8 Å². The molecule has 2 aliphatic carbocycles. The summed E-state index contributed by atoms with van der Waals surface area (Å²) in [6.07, 6.45) is 10.1. The maximum atomic E-state index is 12.2. The van der Waals surface area contributed by atoms with Crippen molar-refractivity contribution >= 4 is 11.8 Å². The average molecular weight is 479 g/mol. The lowest BCUT2D eigenvalue weighted by Gasteiger charge is -2.33. The van der Waals surface area contributed by atoms with Gasteiger partial charge in [-0.1, -0.05) is 25.3 Å². The predicted octanol–water partition coefficient (Wildman–Crippen LogP) is 5.13. The van der Waals surface area contributed by atoms with Crippen LogP contribution < -0.4 is 9.47 Å². The fraction of sp³-hybridized carbons (Fsp3) is 0.536. The number of nitrogens with one attached hydrogen (secondary N) is 1. The number of hydrogen-bond donors (Lipinski definition) is 1. The van der Waals surface area contributed by atoms with Crippen LogP contribution in [-0.4, -0.2) is 41.5 Å². The average Bonchev–Trinajstić information content (AvgIpc) is 3.56. The second-order valence-corrected chi connectivity index (χ2v) is 9.40.